The molecule has 2 fully saturated rings. The number of methoxy groups -OCH3 is 1. The molecule has 1 aromatic rings. The van der Waals surface area contributed by atoms with Gasteiger partial charge in [-0.25, -0.2) is 14.0 Å². The molecule has 138 valence electrons. The van der Waals surface area contributed by atoms with Gasteiger partial charge in [-0.2, -0.15) is 0 Å². The number of amides is 1. The number of halogens is 1. The maximum atomic E-state index is 12.9. The number of nitrogens with one attached hydrogen (secondary N) is 1. The molecule has 26 heavy (non-hydrogen) atoms. The lowest BCUT2D eigenvalue weighted by atomic mass is 9.82. The number of benzene rings is 1. The smallest absolute Gasteiger partial charge is 0.414 e. The molecule has 8 heteroatoms. The number of ether oxygens (including phenoxy) is 4. The Morgan fingerprint density at radius 3 is 2.73 bits per heavy atom. The Morgan fingerprint density at radius 1 is 1.31 bits per heavy atom. The van der Waals surface area contributed by atoms with Crippen molar-refractivity contribution in [2.75, 3.05) is 12.4 Å². The summed E-state index contributed by atoms with van der Waals surface area (Å²) in [4.78, 5) is 24.2. The molecule has 0 aromatic heterocycles. The highest BCUT2D eigenvalue weighted by Gasteiger charge is 2.71. The molecule has 4 rings (SSSR count). The molecule has 1 amide bonds. The molecule has 0 bridgehead atoms. The van der Waals surface area contributed by atoms with Crippen molar-refractivity contribution in [2.45, 2.75) is 31.3 Å². The lowest BCUT2D eigenvalue weighted by Crippen LogP contribution is -2.43. The first-order chi connectivity index (χ1) is 12.4. The zero-order valence-electron chi connectivity index (χ0n) is 14.2. The summed E-state index contributed by atoms with van der Waals surface area (Å²) in [6, 6.07) is 5.31. The number of hydrogen-bond acceptors (Lipinski definition) is 6. The Balaban J connectivity index is 1.49. The van der Waals surface area contributed by atoms with Crippen LogP contribution in [0.1, 0.15) is 13.3 Å². The van der Waals surface area contributed by atoms with E-state index in [1.54, 1.807) is 0 Å². The van der Waals surface area contributed by atoms with Gasteiger partial charge in [0.05, 0.1) is 31.0 Å². The minimum absolute atomic E-state index is 0.00137. The molecule has 0 radical (unpaired) electrons. The molecule has 2 aliphatic heterocycles. The first-order valence-electron chi connectivity index (χ1n) is 8.27. The quantitative estimate of drug-likeness (QED) is 0.656. The first kappa shape index (κ1) is 16.8. The van der Waals surface area contributed by atoms with Crippen molar-refractivity contribution in [3.05, 3.63) is 41.9 Å². The molecule has 1 aromatic carbocycles. The number of hydrogen-bond donors (Lipinski definition) is 1. The van der Waals surface area contributed by atoms with E-state index in [1.165, 1.54) is 37.6 Å². The second kappa shape index (κ2) is 5.98. The lowest BCUT2D eigenvalue weighted by Gasteiger charge is -2.35. The molecule has 7 nitrogen and oxygen atoms in total. The Labute approximate surface area is 149 Å². The summed E-state index contributed by atoms with van der Waals surface area (Å²) in [5.74, 6) is -1.34. The van der Waals surface area contributed by atoms with Crippen molar-refractivity contribution >= 4 is 17.7 Å². The third-order valence-electron chi connectivity index (χ3n) is 5.30. The summed E-state index contributed by atoms with van der Waals surface area (Å²) in [7, 11) is 1.31. The van der Waals surface area contributed by atoms with Crippen molar-refractivity contribution in [2.24, 2.45) is 11.8 Å². The monoisotopic (exact) mass is 363 g/mol. The van der Waals surface area contributed by atoms with Gasteiger partial charge < -0.3 is 18.9 Å². The number of anilines is 1. The normalized spacial score (nSPS) is 33.9. The first-order valence-corrected chi connectivity index (χ1v) is 8.27. The fourth-order valence-electron chi connectivity index (χ4n) is 3.92. The number of fused-ring (bicyclic) bond motifs is 3. The van der Waals surface area contributed by atoms with Gasteiger partial charge in [0.1, 0.15) is 11.4 Å². The van der Waals surface area contributed by atoms with Gasteiger partial charge in [-0.3, -0.25) is 5.32 Å². The minimum Gasteiger partial charge on any atom is -0.466 e. The van der Waals surface area contributed by atoms with E-state index >= 15 is 0 Å². The van der Waals surface area contributed by atoms with Crippen molar-refractivity contribution in [1.82, 2.24) is 0 Å². The van der Waals surface area contributed by atoms with Crippen LogP contribution >= 0.6 is 0 Å². The number of carbonyl (C=O) groups is 2. The highest BCUT2D eigenvalue weighted by Crippen LogP contribution is 2.61. The Morgan fingerprint density at radius 2 is 2.04 bits per heavy atom. The van der Waals surface area contributed by atoms with Crippen LogP contribution in [0.15, 0.2) is 36.1 Å². The molecule has 3 aliphatic rings. The van der Waals surface area contributed by atoms with Crippen LogP contribution in [-0.2, 0) is 23.7 Å². The molecule has 1 saturated heterocycles. The number of carbonyl (C=O) groups excluding carboxylic acids is 2. The predicted octanol–water partition coefficient (Wildman–Crippen LogP) is 2.58. The van der Waals surface area contributed by atoms with Crippen molar-refractivity contribution in [1.29, 1.82) is 0 Å². The molecule has 5 atom stereocenters. The fraction of sp³-hybridized carbons (Fsp3) is 0.444. The molecule has 0 spiro atoms. The van der Waals surface area contributed by atoms with E-state index in [1.807, 2.05) is 6.92 Å². The van der Waals surface area contributed by atoms with E-state index in [0.717, 1.165) is 0 Å². The number of epoxide rings is 1. The topological polar surface area (TPSA) is 86.4 Å². The van der Waals surface area contributed by atoms with Gasteiger partial charge in [-0.1, -0.05) is 0 Å². The average molecular weight is 363 g/mol. The van der Waals surface area contributed by atoms with Crippen LogP contribution in [0.25, 0.3) is 0 Å². The third kappa shape index (κ3) is 2.70. The van der Waals surface area contributed by atoms with Crippen LogP contribution in [-0.4, -0.2) is 37.2 Å². The van der Waals surface area contributed by atoms with Gasteiger partial charge in [0.2, 0.25) is 0 Å². The highest BCUT2D eigenvalue weighted by molar-refractivity contribution is 5.89. The van der Waals surface area contributed by atoms with E-state index in [2.05, 4.69) is 5.32 Å². The van der Waals surface area contributed by atoms with Gasteiger partial charge in [0.15, 0.2) is 0 Å². The van der Waals surface area contributed by atoms with Crippen LogP contribution in [0.4, 0.5) is 14.9 Å². The van der Waals surface area contributed by atoms with Gasteiger partial charge >= 0.3 is 12.1 Å². The highest BCUT2D eigenvalue weighted by atomic mass is 19.1. The molecular formula is C18H18FNO6. The summed E-state index contributed by atoms with van der Waals surface area (Å²) in [5.41, 5.74) is 0.319. The third-order valence-corrected chi connectivity index (χ3v) is 5.30. The van der Waals surface area contributed by atoms with E-state index in [4.69, 9.17) is 18.9 Å². The van der Waals surface area contributed by atoms with Crippen LogP contribution < -0.4 is 5.32 Å². The van der Waals surface area contributed by atoms with Gasteiger partial charge in [-0.05, 0) is 37.6 Å². The molecular weight excluding hydrogens is 345 g/mol. The summed E-state index contributed by atoms with van der Waals surface area (Å²) in [6.07, 6.45) is 0.315. The Kier molecular flexibility index (Phi) is 3.87. The second-order valence-corrected chi connectivity index (χ2v) is 6.76. The zero-order chi connectivity index (χ0) is 18.5. The van der Waals surface area contributed by atoms with Crippen molar-refractivity contribution in [3.63, 3.8) is 0 Å². The van der Waals surface area contributed by atoms with Crippen molar-refractivity contribution in [3.8, 4) is 0 Å². The van der Waals surface area contributed by atoms with Gasteiger partial charge in [0, 0.05) is 11.6 Å². The van der Waals surface area contributed by atoms with Crippen LogP contribution in [0.5, 0.6) is 0 Å². The molecule has 1 N–H and O–H groups in total. The number of esters is 1. The Bertz CT molecular complexity index is 778. The largest absolute Gasteiger partial charge is 0.466 e. The molecule has 1 saturated carbocycles. The standard InChI is InChI=1S/C18H18FNO6/c1-18-13(26-18)7-11-12(15(21)23-2)8-24-16(14(11)18)25-17(22)20-10-5-3-9(19)4-6-10/h3-6,8,11,13-14,16H,7H2,1-2H3,(H,20,22)/t11-,13+,14+,16+,18+/m1/s1. The van der Waals surface area contributed by atoms with Crippen molar-refractivity contribution < 1.29 is 32.9 Å². The molecule has 1 aliphatic carbocycles. The number of rotatable bonds is 3. The second-order valence-electron chi connectivity index (χ2n) is 6.76. The summed E-state index contributed by atoms with van der Waals surface area (Å²) in [5, 5.41) is 2.52. The van der Waals surface area contributed by atoms with Crippen LogP contribution in [0.3, 0.4) is 0 Å². The van der Waals surface area contributed by atoms with Crippen LogP contribution in [0, 0.1) is 17.7 Å². The maximum Gasteiger partial charge on any atom is 0.414 e. The zero-order valence-corrected chi connectivity index (χ0v) is 14.2. The fourth-order valence-corrected chi connectivity index (χ4v) is 3.92. The van der Waals surface area contributed by atoms with Gasteiger partial charge in [-0.15, -0.1) is 0 Å². The minimum atomic E-state index is -0.897. The van der Waals surface area contributed by atoms with E-state index in [9.17, 15) is 14.0 Å². The predicted molar refractivity (Wildman–Crippen MR) is 86.4 cm³/mol. The van der Waals surface area contributed by atoms with E-state index in [0.29, 0.717) is 17.7 Å². The molecule has 0 unspecified atom stereocenters. The average Bonchev–Trinajstić information content (AvgIpc) is 3.17. The lowest BCUT2D eigenvalue weighted by molar-refractivity contribution is -0.149. The summed E-state index contributed by atoms with van der Waals surface area (Å²) in [6.45, 7) is 1.92. The summed E-state index contributed by atoms with van der Waals surface area (Å²) >= 11 is 0. The maximum absolute atomic E-state index is 12.9. The summed E-state index contributed by atoms with van der Waals surface area (Å²) < 4.78 is 34.4. The SMILES string of the molecule is COC(=O)C1=CO[C@@H](OC(=O)Nc2ccc(F)cc2)[C@@H]2[C@@H]1C[C@@H]1O[C@]21C. The van der Waals surface area contributed by atoms with Gasteiger partial charge in [0.25, 0.3) is 6.29 Å². The van der Waals surface area contributed by atoms with E-state index < -0.39 is 29.8 Å². The van der Waals surface area contributed by atoms with E-state index in [-0.39, 0.29) is 17.9 Å². The van der Waals surface area contributed by atoms with Crippen LogP contribution in [0.2, 0.25) is 0 Å². The Hall–Kier alpha value is -2.61. The molecule has 2 heterocycles.